The number of sulfone groups is 1. The third-order valence-electron chi connectivity index (χ3n) is 3.49. The fraction of sp³-hybridized carbons (Fsp3) is 0.538. The number of ether oxygens (including phenoxy) is 1. The molecule has 0 atom stereocenters. The van der Waals surface area contributed by atoms with E-state index in [0.29, 0.717) is 12.5 Å². The summed E-state index contributed by atoms with van der Waals surface area (Å²) in [6.07, 6.45) is 2.95. The number of benzene rings is 1. The van der Waals surface area contributed by atoms with E-state index >= 15 is 0 Å². The number of hydrogen-bond donors (Lipinski definition) is 1. The van der Waals surface area contributed by atoms with Crippen molar-refractivity contribution in [2.45, 2.75) is 17.7 Å². The molecule has 2 rings (SSSR count). The molecule has 0 aliphatic carbocycles. The molecule has 0 spiro atoms. The van der Waals surface area contributed by atoms with Gasteiger partial charge in [0.25, 0.3) is 0 Å². The predicted molar refractivity (Wildman–Crippen MR) is 84.5 cm³/mol. The molecular formula is C13H19ClN2O5S. The summed E-state index contributed by atoms with van der Waals surface area (Å²) in [7, 11) is -3.48. The Hall–Kier alpha value is -1.38. The van der Waals surface area contributed by atoms with Gasteiger partial charge in [-0.2, -0.15) is 0 Å². The van der Waals surface area contributed by atoms with Crippen molar-refractivity contribution in [1.82, 2.24) is 5.32 Å². The van der Waals surface area contributed by atoms with Crippen LogP contribution in [0.3, 0.4) is 0 Å². The van der Waals surface area contributed by atoms with E-state index in [4.69, 9.17) is 4.74 Å². The topological polar surface area (TPSA) is 98.5 Å². The molecule has 22 heavy (non-hydrogen) atoms. The van der Waals surface area contributed by atoms with E-state index in [1.165, 1.54) is 12.1 Å². The van der Waals surface area contributed by atoms with Gasteiger partial charge < -0.3 is 10.1 Å². The predicted octanol–water partition coefficient (Wildman–Crippen LogP) is 1.80. The van der Waals surface area contributed by atoms with Crippen LogP contribution < -0.4 is 10.1 Å². The number of piperidine rings is 1. The number of nitrogens with zero attached hydrogens (tertiary/aromatic N) is 1. The number of halogens is 1. The van der Waals surface area contributed by atoms with Crippen LogP contribution in [0.4, 0.5) is 5.69 Å². The van der Waals surface area contributed by atoms with Crippen molar-refractivity contribution < 1.29 is 18.1 Å². The van der Waals surface area contributed by atoms with Crippen molar-refractivity contribution in [2.75, 3.05) is 26.0 Å². The van der Waals surface area contributed by atoms with Gasteiger partial charge in [0.1, 0.15) is 0 Å². The highest BCUT2D eigenvalue weighted by molar-refractivity contribution is 7.90. The fourth-order valence-electron chi connectivity index (χ4n) is 2.25. The first-order valence-corrected chi connectivity index (χ1v) is 8.59. The highest BCUT2D eigenvalue weighted by Gasteiger charge is 2.21. The van der Waals surface area contributed by atoms with Crippen LogP contribution >= 0.6 is 12.4 Å². The molecule has 1 aromatic carbocycles. The van der Waals surface area contributed by atoms with E-state index in [1.54, 1.807) is 0 Å². The lowest BCUT2D eigenvalue weighted by atomic mass is 9.99. The first-order chi connectivity index (χ1) is 9.88. The van der Waals surface area contributed by atoms with E-state index < -0.39 is 14.8 Å². The van der Waals surface area contributed by atoms with Gasteiger partial charge in [0.2, 0.25) is 0 Å². The van der Waals surface area contributed by atoms with Gasteiger partial charge in [-0.05, 0) is 44.0 Å². The second-order valence-corrected chi connectivity index (χ2v) is 7.18. The zero-order valence-corrected chi connectivity index (χ0v) is 13.8. The summed E-state index contributed by atoms with van der Waals surface area (Å²) in [6.45, 7) is 2.24. The van der Waals surface area contributed by atoms with Crippen LogP contribution in [-0.4, -0.2) is 39.3 Å². The summed E-state index contributed by atoms with van der Waals surface area (Å²) in [6, 6.07) is 3.74. The number of hydrogen-bond acceptors (Lipinski definition) is 6. The number of nitro groups is 1. The van der Waals surface area contributed by atoms with Crippen molar-refractivity contribution in [3.05, 3.63) is 28.3 Å². The summed E-state index contributed by atoms with van der Waals surface area (Å²) in [4.78, 5) is 10.4. The van der Waals surface area contributed by atoms with Crippen molar-refractivity contribution in [3.63, 3.8) is 0 Å². The lowest BCUT2D eigenvalue weighted by molar-refractivity contribution is -0.386. The number of nitro benzene ring substituents is 1. The summed E-state index contributed by atoms with van der Waals surface area (Å²) in [5, 5.41) is 14.3. The van der Waals surface area contributed by atoms with Gasteiger partial charge >= 0.3 is 5.69 Å². The maximum absolute atomic E-state index is 11.5. The first kappa shape index (κ1) is 18.7. The molecule has 0 unspecified atom stereocenters. The quantitative estimate of drug-likeness (QED) is 0.642. The Balaban J connectivity index is 0.00000242. The molecule has 0 aromatic heterocycles. The third-order valence-corrected chi connectivity index (χ3v) is 4.60. The highest BCUT2D eigenvalue weighted by atomic mass is 35.5. The minimum atomic E-state index is -3.48. The number of nitrogens with one attached hydrogen (secondary N) is 1. The van der Waals surface area contributed by atoms with Gasteiger partial charge in [-0.25, -0.2) is 8.42 Å². The van der Waals surface area contributed by atoms with Crippen molar-refractivity contribution in [3.8, 4) is 5.75 Å². The van der Waals surface area contributed by atoms with Gasteiger partial charge in [0, 0.05) is 12.3 Å². The number of rotatable bonds is 5. The minimum absolute atomic E-state index is 0. The highest BCUT2D eigenvalue weighted by Crippen LogP contribution is 2.30. The third kappa shape index (κ3) is 4.82. The van der Waals surface area contributed by atoms with Crippen LogP contribution in [-0.2, 0) is 9.84 Å². The molecule has 1 fully saturated rings. The van der Waals surface area contributed by atoms with Crippen LogP contribution in [0.1, 0.15) is 12.8 Å². The molecule has 1 aliphatic heterocycles. The minimum Gasteiger partial charge on any atom is -0.487 e. The van der Waals surface area contributed by atoms with Gasteiger partial charge in [-0.15, -0.1) is 12.4 Å². The zero-order valence-electron chi connectivity index (χ0n) is 12.1. The van der Waals surface area contributed by atoms with Crippen molar-refractivity contribution in [1.29, 1.82) is 0 Å². The Morgan fingerprint density at radius 2 is 2.00 bits per heavy atom. The molecule has 0 bridgehead atoms. The average molecular weight is 351 g/mol. The molecule has 1 heterocycles. The fourth-order valence-corrected chi connectivity index (χ4v) is 2.89. The van der Waals surface area contributed by atoms with E-state index in [9.17, 15) is 18.5 Å². The summed E-state index contributed by atoms with van der Waals surface area (Å²) >= 11 is 0. The second kappa shape index (κ2) is 7.75. The van der Waals surface area contributed by atoms with E-state index in [1.807, 2.05) is 0 Å². The Morgan fingerprint density at radius 3 is 2.55 bits per heavy atom. The van der Waals surface area contributed by atoms with E-state index in [0.717, 1.165) is 38.3 Å². The van der Waals surface area contributed by atoms with Crippen LogP contribution in [0.5, 0.6) is 5.75 Å². The lowest BCUT2D eigenvalue weighted by Crippen LogP contribution is -2.30. The Kier molecular flexibility index (Phi) is 6.58. The molecule has 0 radical (unpaired) electrons. The Morgan fingerprint density at radius 1 is 1.36 bits per heavy atom. The standard InChI is InChI=1S/C13H18N2O5S.ClH/c1-21(18,19)11-2-3-13(12(8-11)15(16)17)20-9-10-4-6-14-7-5-10;/h2-3,8,10,14H,4-7,9H2,1H3;1H. The van der Waals surface area contributed by atoms with Gasteiger partial charge in [-0.3, -0.25) is 10.1 Å². The molecule has 124 valence electrons. The summed E-state index contributed by atoms with van der Waals surface area (Å²) in [5.74, 6) is 0.478. The van der Waals surface area contributed by atoms with E-state index in [-0.39, 0.29) is 28.7 Å². The summed E-state index contributed by atoms with van der Waals surface area (Å²) in [5.41, 5.74) is -0.313. The Labute approximate surface area is 135 Å². The molecule has 1 aliphatic rings. The molecule has 1 saturated heterocycles. The van der Waals surface area contributed by atoms with Gasteiger partial charge in [-0.1, -0.05) is 0 Å². The molecular weight excluding hydrogens is 332 g/mol. The molecule has 0 amide bonds. The molecule has 1 aromatic rings. The van der Waals surface area contributed by atoms with Crippen LogP contribution in [0, 0.1) is 16.0 Å². The molecule has 9 heteroatoms. The van der Waals surface area contributed by atoms with Crippen molar-refractivity contribution >= 4 is 27.9 Å². The summed E-state index contributed by atoms with van der Waals surface area (Å²) < 4.78 is 28.4. The molecule has 1 N–H and O–H groups in total. The van der Waals surface area contributed by atoms with E-state index in [2.05, 4.69) is 5.32 Å². The molecule has 7 nitrogen and oxygen atoms in total. The normalized spacial score (nSPS) is 15.9. The maximum Gasteiger partial charge on any atom is 0.312 e. The zero-order chi connectivity index (χ0) is 15.5. The monoisotopic (exact) mass is 350 g/mol. The lowest BCUT2D eigenvalue weighted by Gasteiger charge is -2.22. The van der Waals surface area contributed by atoms with Gasteiger partial charge in [0.05, 0.1) is 16.4 Å². The van der Waals surface area contributed by atoms with Gasteiger partial charge in [0.15, 0.2) is 15.6 Å². The van der Waals surface area contributed by atoms with Crippen LogP contribution in [0.25, 0.3) is 0 Å². The van der Waals surface area contributed by atoms with Crippen LogP contribution in [0.15, 0.2) is 23.1 Å². The largest absolute Gasteiger partial charge is 0.487 e. The average Bonchev–Trinajstić information content (AvgIpc) is 2.45. The van der Waals surface area contributed by atoms with Crippen LogP contribution in [0.2, 0.25) is 0 Å². The first-order valence-electron chi connectivity index (χ1n) is 6.70. The maximum atomic E-state index is 11.5. The smallest absolute Gasteiger partial charge is 0.312 e. The second-order valence-electron chi connectivity index (χ2n) is 5.16. The Bertz CT molecular complexity index is 629. The SMILES string of the molecule is CS(=O)(=O)c1ccc(OCC2CCNCC2)c([N+](=O)[O-])c1.Cl. The van der Waals surface area contributed by atoms with Crippen molar-refractivity contribution in [2.24, 2.45) is 5.92 Å². The molecule has 0 saturated carbocycles.